The van der Waals surface area contributed by atoms with Crippen molar-refractivity contribution in [1.29, 1.82) is 0 Å². The van der Waals surface area contributed by atoms with Gasteiger partial charge in [0.2, 0.25) is 5.13 Å². The van der Waals surface area contributed by atoms with Crippen LogP contribution < -0.4 is 4.90 Å². The molecule has 1 aliphatic carbocycles. The number of aromatic nitrogens is 2. The molecule has 0 amide bonds. The molecule has 0 N–H and O–H groups in total. The van der Waals surface area contributed by atoms with Crippen molar-refractivity contribution in [2.75, 3.05) is 11.9 Å². The molecule has 0 radical (unpaired) electrons. The van der Waals surface area contributed by atoms with Crippen LogP contribution >= 0.6 is 11.3 Å². The summed E-state index contributed by atoms with van der Waals surface area (Å²) in [4.78, 5) is 2.02. The third-order valence-corrected chi connectivity index (χ3v) is 4.54. The summed E-state index contributed by atoms with van der Waals surface area (Å²) < 4.78 is 13.5. The molecule has 0 saturated heterocycles. The first kappa shape index (κ1) is 12.5. The summed E-state index contributed by atoms with van der Waals surface area (Å²) >= 11 is 1.65. The highest BCUT2D eigenvalue weighted by atomic mass is 32.1. The van der Waals surface area contributed by atoms with Crippen LogP contribution in [0.5, 0.6) is 0 Å². The van der Waals surface area contributed by atoms with Gasteiger partial charge < -0.3 is 4.90 Å². The Morgan fingerprint density at radius 2 is 2.16 bits per heavy atom. The normalized spacial score (nSPS) is 14.7. The highest BCUT2D eigenvalue weighted by Gasteiger charge is 2.28. The Morgan fingerprint density at radius 1 is 1.37 bits per heavy atom. The Hall–Kier alpha value is -1.49. The van der Waals surface area contributed by atoms with Gasteiger partial charge in [0.25, 0.3) is 0 Å². The molecule has 0 unspecified atom stereocenters. The molecule has 2 aromatic rings. The molecule has 1 saturated carbocycles. The Balaban J connectivity index is 1.72. The number of nitrogens with zero attached hydrogens (tertiary/aromatic N) is 3. The Bertz CT molecular complexity index is 592. The van der Waals surface area contributed by atoms with Crippen LogP contribution in [-0.4, -0.2) is 17.2 Å². The van der Waals surface area contributed by atoms with E-state index in [0.29, 0.717) is 18.0 Å². The predicted molar refractivity (Wildman–Crippen MR) is 75.1 cm³/mol. The standard InChI is InChI=1S/C14H16FN3S/c1-9-3-4-10(7-12(9)15)8-18(2)14-17-16-13(19-14)11-5-6-11/h3-4,7,11H,5-6,8H2,1-2H3. The summed E-state index contributed by atoms with van der Waals surface area (Å²) in [5.41, 5.74) is 1.63. The van der Waals surface area contributed by atoms with Crippen molar-refractivity contribution >= 4 is 16.5 Å². The quantitative estimate of drug-likeness (QED) is 0.856. The van der Waals surface area contributed by atoms with Crippen LogP contribution in [0.4, 0.5) is 9.52 Å². The van der Waals surface area contributed by atoms with Crippen LogP contribution in [0.15, 0.2) is 18.2 Å². The molecule has 3 nitrogen and oxygen atoms in total. The number of halogens is 1. The number of hydrogen-bond acceptors (Lipinski definition) is 4. The summed E-state index contributed by atoms with van der Waals surface area (Å²) in [5, 5.41) is 10.5. The fourth-order valence-electron chi connectivity index (χ4n) is 1.95. The lowest BCUT2D eigenvalue weighted by molar-refractivity contribution is 0.615. The molecular weight excluding hydrogens is 261 g/mol. The van der Waals surface area contributed by atoms with Crippen molar-refractivity contribution in [2.45, 2.75) is 32.2 Å². The summed E-state index contributed by atoms with van der Waals surface area (Å²) in [6, 6.07) is 5.36. The largest absolute Gasteiger partial charge is 0.345 e. The second kappa shape index (κ2) is 4.89. The van der Waals surface area contributed by atoms with Gasteiger partial charge in [0.15, 0.2) is 0 Å². The van der Waals surface area contributed by atoms with Crippen molar-refractivity contribution in [1.82, 2.24) is 10.2 Å². The monoisotopic (exact) mass is 277 g/mol. The zero-order valence-corrected chi connectivity index (χ0v) is 11.9. The molecule has 19 heavy (non-hydrogen) atoms. The minimum atomic E-state index is -0.151. The lowest BCUT2D eigenvalue weighted by Crippen LogP contribution is -2.16. The van der Waals surface area contributed by atoms with E-state index in [9.17, 15) is 4.39 Å². The summed E-state index contributed by atoms with van der Waals surface area (Å²) in [7, 11) is 1.97. The summed E-state index contributed by atoms with van der Waals surface area (Å²) in [5.74, 6) is 0.485. The van der Waals surface area contributed by atoms with E-state index in [2.05, 4.69) is 10.2 Å². The molecule has 1 heterocycles. The smallest absolute Gasteiger partial charge is 0.208 e. The summed E-state index contributed by atoms with van der Waals surface area (Å²) in [6.07, 6.45) is 2.48. The van der Waals surface area contributed by atoms with Crippen molar-refractivity contribution < 1.29 is 4.39 Å². The molecule has 1 fully saturated rings. The average molecular weight is 277 g/mol. The SMILES string of the molecule is Cc1ccc(CN(C)c2nnc(C3CC3)s2)cc1F. The van der Waals surface area contributed by atoms with E-state index in [-0.39, 0.29) is 5.82 Å². The van der Waals surface area contributed by atoms with Crippen LogP contribution in [0.2, 0.25) is 0 Å². The van der Waals surface area contributed by atoms with Gasteiger partial charge in [0.05, 0.1) is 0 Å². The molecule has 0 atom stereocenters. The van der Waals surface area contributed by atoms with Gasteiger partial charge >= 0.3 is 0 Å². The summed E-state index contributed by atoms with van der Waals surface area (Å²) in [6.45, 7) is 2.42. The molecule has 0 spiro atoms. The third kappa shape index (κ3) is 2.76. The fraction of sp³-hybridized carbons (Fsp3) is 0.429. The van der Waals surface area contributed by atoms with Gasteiger partial charge in [-0.15, -0.1) is 10.2 Å². The third-order valence-electron chi connectivity index (χ3n) is 3.34. The number of hydrogen-bond donors (Lipinski definition) is 0. The van der Waals surface area contributed by atoms with Crippen molar-refractivity contribution in [3.8, 4) is 0 Å². The highest BCUT2D eigenvalue weighted by Crippen LogP contribution is 2.42. The number of anilines is 1. The van der Waals surface area contributed by atoms with Crippen molar-refractivity contribution in [3.05, 3.63) is 40.2 Å². The molecule has 1 aliphatic rings. The van der Waals surface area contributed by atoms with Crippen molar-refractivity contribution in [2.24, 2.45) is 0 Å². The Morgan fingerprint density at radius 3 is 2.84 bits per heavy atom. The minimum Gasteiger partial charge on any atom is -0.345 e. The maximum absolute atomic E-state index is 13.5. The Kier molecular flexibility index (Phi) is 3.22. The zero-order chi connectivity index (χ0) is 13.4. The maximum atomic E-state index is 13.5. The van der Waals surface area contributed by atoms with Crippen LogP contribution in [0.1, 0.15) is 34.9 Å². The number of benzene rings is 1. The molecule has 5 heteroatoms. The van der Waals surface area contributed by atoms with E-state index in [4.69, 9.17) is 0 Å². The maximum Gasteiger partial charge on any atom is 0.208 e. The van der Waals surface area contributed by atoms with Gasteiger partial charge in [-0.3, -0.25) is 0 Å². The van der Waals surface area contributed by atoms with Crippen LogP contribution in [0, 0.1) is 12.7 Å². The van der Waals surface area contributed by atoms with Crippen LogP contribution in [0.3, 0.4) is 0 Å². The second-order valence-electron chi connectivity index (χ2n) is 5.14. The first-order valence-electron chi connectivity index (χ1n) is 6.43. The molecular formula is C14H16FN3S. The topological polar surface area (TPSA) is 29.0 Å². The lowest BCUT2D eigenvalue weighted by atomic mass is 10.1. The van der Waals surface area contributed by atoms with E-state index in [0.717, 1.165) is 15.7 Å². The van der Waals surface area contributed by atoms with E-state index >= 15 is 0 Å². The molecule has 100 valence electrons. The van der Waals surface area contributed by atoms with Crippen LogP contribution in [0.25, 0.3) is 0 Å². The highest BCUT2D eigenvalue weighted by molar-refractivity contribution is 7.15. The molecule has 0 aliphatic heterocycles. The fourth-order valence-corrected chi connectivity index (χ4v) is 2.93. The zero-order valence-electron chi connectivity index (χ0n) is 11.1. The van der Waals surface area contributed by atoms with Gasteiger partial charge in [0, 0.05) is 19.5 Å². The van der Waals surface area contributed by atoms with E-state index < -0.39 is 0 Å². The average Bonchev–Trinajstić information content (AvgIpc) is 3.11. The molecule has 0 bridgehead atoms. The minimum absolute atomic E-state index is 0.151. The van der Waals surface area contributed by atoms with E-state index in [1.54, 1.807) is 24.3 Å². The predicted octanol–water partition coefficient (Wildman–Crippen LogP) is 3.50. The first-order valence-corrected chi connectivity index (χ1v) is 7.24. The molecule has 1 aromatic carbocycles. The van der Waals surface area contributed by atoms with Gasteiger partial charge in [-0.25, -0.2) is 4.39 Å². The van der Waals surface area contributed by atoms with Gasteiger partial charge in [0.1, 0.15) is 10.8 Å². The second-order valence-corrected chi connectivity index (χ2v) is 6.12. The lowest BCUT2D eigenvalue weighted by Gasteiger charge is -2.15. The number of aryl methyl sites for hydroxylation is 1. The van der Waals surface area contributed by atoms with E-state index in [1.807, 2.05) is 24.1 Å². The van der Waals surface area contributed by atoms with Crippen molar-refractivity contribution in [3.63, 3.8) is 0 Å². The van der Waals surface area contributed by atoms with Gasteiger partial charge in [-0.05, 0) is 37.0 Å². The van der Waals surface area contributed by atoms with E-state index in [1.165, 1.54) is 12.8 Å². The van der Waals surface area contributed by atoms with Crippen LogP contribution in [-0.2, 0) is 6.54 Å². The Labute approximate surface area is 116 Å². The molecule has 3 rings (SSSR count). The first-order chi connectivity index (χ1) is 9.13. The molecule has 1 aromatic heterocycles. The van der Waals surface area contributed by atoms with Gasteiger partial charge in [-0.2, -0.15) is 0 Å². The number of rotatable bonds is 4. The van der Waals surface area contributed by atoms with Gasteiger partial charge in [-0.1, -0.05) is 23.5 Å².